The first-order valence-corrected chi connectivity index (χ1v) is 8.60. The fraction of sp³-hybridized carbons (Fsp3) is 0.300. The second-order valence-electron chi connectivity index (χ2n) is 6.37. The van der Waals surface area contributed by atoms with Crippen molar-refractivity contribution >= 4 is 11.9 Å². The second-order valence-corrected chi connectivity index (χ2v) is 6.37. The van der Waals surface area contributed by atoms with Gasteiger partial charge in [0.2, 0.25) is 5.91 Å². The van der Waals surface area contributed by atoms with Crippen LogP contribution in [0.25, 0.3) is 0 Å². The third kappa shape index (κ3) is 6.23. The second kappa shape index (κ2) is 9.19. The molecule has 0 bridgehead atoms. The standard InChI is InChI=1S/C20H17F6NO3/c1-30-18(29)16(11-13-4-2-3-5-15(13)20(24,25)26)27-17(28)10-12-6-8-14(9-7-12)19(21,22)23/h2-9,16H,10-11H2,1H3,(H,27,28)/t16-/m0/s1. The van der Waals surface area contributed by atoms with Crippen LogP contribution in [-0.4, -0.2) is 25.0 Å². The third-order valence-corrected chi connectivity index (χ3v) is 4.21. The van der Waals surface area contributed by atoms with E-state index in [4.69, 9.17) is 0 Å². The topological polar surface area (TPSA) is 55.4 Å². The predicted molar refractivity (Wildman–Crippen MR) is 94.2 cm³/mol. The first-order valence-electron chi connectivity index (χ1n) is 8.60. The molecule has 2 rings (SSSR count). The smallest absolute Gasteiger partial charge is 0.416 e. The number of hydrogen-bond donors (Lipinski definition) is 1. The van der Waals surface area contributed by atoms with Crippen LogP contribution in [0.15, 0.2) is 48.5 Å². The number of ether oxygens (including phenoxy) is 1. The maximum atomic E-state index is 13.2. The molecule has 0 aliphatic heterocycles. The van der Waals surface area contributed by atoms with E-state index in [1.165, 1.54) is 18.2 Å². The van der Waals surface area contributed by atoms with E-state index in [0.717, 1.165) is 37.4 Å². The number of carbonyl (C=O) groups excluding carboxylic acids is 2. The maximum Gasteiger partial charge on any atom is 0.416 e. The van der Waals surface area contributed by atoms with E-state index in [-0.39, 0.29) is 17.5 Å². The van der Waals surface area contributed by atoms with Gasteiger partial charge in [-0.05, 0) is 29.3 Å². The van der Waals surface area contributed by atoms with Gasteiger partial charge in [-0.25, -0.2) is 4.79 Å². The van der Waals surface area contributed by atoms with Crippen molar-refractivity contribution in [2.75, 3.05) is 7.11 Å². The van der Waals surface area contributed by atoms with Crippen molar-refractivity contribution in [1.29, 1.82) is 0 Å². The van der Waals surface area contributed by atoms with Crippen LogP contribution in [0.4, 0.5) is 26.3 Å². The molecule has 0 aliphatic rings. The van der Waals surface area contributed by atoms with Crippen LogP contribution < -0.4 is 5.32 Å². The summed E-state index contributed by atoms with van der Waals surface area (Å²) in [5.41, 5.74) is -1.81. The Labute approximate surface area is 167 Å². The maximum absolute atomic E-state index is 13.2. The summed E-state index contributed by atoms with van der Waals surface area (Å²) < 4.78 is 81.8. The first kappa shape index (κ1) is 23.2. The molecule has 0 radical (unpaired) electrons. The summed E-state index contributed by atoms with van der Waals surface area (Å²) in [6.45, 7) is 0. The first-order chi connectivity index (χ1) is 13.9. The lowest BCUT2D eigenvalue weighted by Gasteiger charge is -2.19. The Morgan fingerprint density at radius 2 is 1.53 bits per heavy atom. The summed E-state index contributed by atoms with van der Waals surface area (Å²) in [5.74, 6) is -1.71. The van der Waals surface area contributed by atoms with Crippen LogP contribution >= 0.6 is 0 Å². The summed E-state index contributed by atoms with van der Waals surface area (Å²) in [5, 5.41) is 2.29. The van der Waals surface area contributed by atoms with Gasteiger partial charge in [0.05, 0.1) is 24.7 Å². The molecular formula is C20H17F6NO3. The molecule has 0 heterocycles. The molecule has 0 saturated carbocycles. The van der Waals surface area contributed by atoms with Crippen molar-refractivity contribution in [1.82, 2.24) is 5.32 Å². The Bertz CT molecular complexity index is 891. The lowest BCUT2D eigenvalue weighted by atomic mass is 9.99. The van der Waals surface area contributed by atoms with E-state index in [2.05, 4.69) is 10.1 Å². The van der Waals surface area contributed by atoms with Gasteiger partial charge in [0, 0.05) is 6.42 Å². The minimum absolute atomic E-state index is 0.213. The van der Waals surface area contributed by atoms with Crippen LogP contribution in [0.2, 0.25) is 0 Å². The molecule has 10 heteroatoms. The van der Waals surface area contributed by atoms with Crippen LogP contribution in [-0.2, 0) is 39.5 Å². The quantitative estimate of drug-likeness (QED) is 0.550. The third-order valence-electron chi connectivity index (χ3n) is 4.21. The highest BCUT2D eigenvalue weighted by atomic mass is 19.4. The fourth-order valence-corrected chi connectivity index (χ4v) is 2.77. The molecule has 0 aliphatic carbocycles. The molecule has 4 nitrogen and oxygen atoms in total. The molecule has 1 atom stereocenters. The number of alkyl halides is 6. The minimum Gasteiger partial charge on any atom is -0.467 e. The normalized spacial score (nSPS) is 12.9. The number of amides is 1. The summed E-state index contributed by atoms with van der Waals surface area (Å²) >= 11 is 0. The Hall–Kier alpha value is -3.04. The number of methoxy groups -OCH3 is 1. The van der Waals surface area contributed by atoms with Crippen molar-refractivity contribution in [3.05, 3.63) is 70.8 Å². The Kier molecular flexibility index (Phi) is 7.12. The van der Waals surface area contributed by atoms with Gasteiger partial charge in [0.25, 0.3) is 0 Å². The van der Waals surface area contributed by atoms with Gasteiger partial charge in [-0.1, -0.05) is 30.3 Å². The number of benzene rings is 2. The van der Waals surface area contributed by atoms with E-state index >= 15 is 0 Å². The van der Waals surface area contributed by atoms with Gasteiger partial charge >= 0.3 is 18.3 Å². The predicted octanol–water partition coefficient (Wildman–Crippen LogP) is 4.17. The Balaban J connectivity index is 2.14. The molecule has 0 spiro atoms. The number of carbonyl (C=O) groups is 2. The molecular weight excluding hydrogens is 416 g/mol. The highest BCUT2D eigenvalue weighted by molar-refractivity contribution is 5.85. The van der Waals surface area contributed by atoms with Gasteiger partial charge in [-0.2, -0.15) is 26.3 Å². The number of nitrogens with one attached hydrogen (secondary N) is 1. The monoisotopic (exact) mass is 433 g/mol. The molecule has 0 aromatic heterocycles. The largest absolute Gasteiger partial charge is 0.467 e. The van der Waals surface area contributed by atoms with E-state index in [0.29, 0.717) is 0 Å². The van der Waals surface area contributed by atoms with Gasteiger partial charge < -0.3 is 10.1 Å². The summed E-state index contributed by atoms with van der Waals surface area (Å²) in [6, 6.07) is 7.02. The molecule has 0 saturated heterocycles. The van der Waals surface area contributed by atoms with Crippen LogP contribution in [0, 0.1) is 0 Å². The van der Waals surface area contributed by atoms with Crippen molar-refractivity contribution in [3.8, 4) is 0 Å². The highest BCUT2D eigenvalue weighted by Crippen LogP contribution is 2.32. The lowest BCUT2D eigenvalue weighted by Crippen LogP contribution is -2.44. The zero-order valence-electron chi connectivity index (χ0n) is 15.6. The molecule has 0 fully saturated rings. The molecule has 1 amide bonds. The van der Waals surface area contributed by atoms with Crippen LogP contribution in [0.5, 0.6) is 0 Å². The molecule has 162 valence electrons. The molecule has 2 aromatic rings. The number of halogens is 6. The van der Waals surface area contributed by atoms with Crippen LogP contribution in [0.1, 0.15) is 22.3 Å². The average molecular weight is 433 g/mol. The van der Waals surface area contributed by atoms with E-state index in [9.17, 15) is 35.9 Å². The zero-order chi connectivity index (χ0) is 22.5. The van der Waals surface area contributed by atoms with E-state index < -0.39 is 47.8 Å². The van der Waals surface area contributed by atoms with Crippen molar-refractivity contribution in [2.45, 2.75) is 31.2 Å². The summed E-state index contributed by atoms with van der Waals surface area (Å²) in [7, 11) is 1.02. The van der Waals surface area contributed by atoms with E-state index in [1.807, 2.05) is 0 Å². The lowest BCUT2D eigenvalue weighted by molar-refractivity contribution is -0.145. The van der Waals surface area contributed by atoms with Crippen molar-refractivity contribution in [2.24, 2.45) is 0 Å². The number of esters is 1. The van der Waals surface area contributed by atoms with Crippen molar-refractivity contribution < 1.29 is 40.7 Å². The summed E-state index contributed by atoms with van der Waals surface area (Å²) in [4.78, 5) is 24.2. The SMILES string of the molecule is COC(=O)[C@H](Cc1ccccc1C(F)(F)F)NC(=O)Cc1ccc(C(F)(F)F)cc1. The van der Waals surface area contributed by atoms with Gasteiger partial charge in [0.1, 0.15) is 6.04 Å². The Morgan fingerprint density at radius 1 is 0.933 bits per heavy atom. The van der Waals surface area contributed by atoms with Gasteiger partial charge in [0.15, 0.2) is 0 Å². The van der Waals surface area contributed by atoms with E-state index in [1.54, 1.807) is 0 Å². The fourth-order valence-electron chi connectivity index (χ4n) is 2.77. The zero-order valence-corrected chi connectivity index (χ0v) is 15.6. The molecule has 1 N–H and O–H groups in total. The van der Waals surface area contributed by atoms with Gasteiger partial charge in [-0.3, -0.25) is 4.79 Å². The highest BCUT2D eigenvalue weighted by Gasteiger charge is 2.34. The Morgan fingerprint density at radius 3 is 2.07 bits per heavy atom. The molecule has 0 unspecified atom stereocenters. The molecule has 30 heavy (non-hydrogen) atoms. The minimum atomic E-state index is -4.65. The van der Waals surface area contributed by atoms with Crippen molar-refractivity contribution in [3.63, 3.8) is 0 Å². The average Bonchev–Trinajstić information content (AvgIpc) is 2.66. The number of hydrogen-bond acceptors (Lipinski definition) is 3. The number of rotatable bonds is 6. The summed E-state index contributed by atoms with van der Waals surface area (Å²) in [6.07, 6.45) is -10.0. The molecule has 2 aromatic carbocycles. The van der Waals surface area contributed by atoms with Crippen LogP contribution in [0.3, 0.4) is 0 Å². The van der Waals surface area contributed by atoms with Gasteiger partial charge in [-0.15, -0.1) is 0 Å².